The van der Waals surface area contributed by atoms with Crippen LogP contribution in [0.25, 0.3) is 0 Å². The Balaban J connectivity index is 1.79. The number of anilines is 2. The molecule has 0 bridgehead atoms. The summed E-state index contributed by atoms with van der Waals surface area (Å²) in [6.45, 7) is 1.31. The Kier molecular flexibility index (Phi) is 4.47. The predicted octanol–water partition coefficient (Wildman–Crippen LogP) is 3.52. The van der Waals surface area contributed by atoms with Crippen molar-refractivity contribution < 1.29 is 4.74 Å². The molecular weight excluding hydrogens is 292 g/mol. The highest BCUT2D eigenvalue weighted by Gasteiger charge is 1.99. The molecule has 0 atom stereocenters. The highest BCUT2D eigenvalue weighted by molar-refractivity contribution is 9.10. The fourth-order valence-corrected chi connectivity index (χ4v) is 1.94. The van der Waals surface area contributed by atoms with E-state index in [1.54, 1.807) is 0 Å². The lowest BCUT2D eigenvalue weighted by molar-refractivity contribution is 0.333. The van der Waals surface area contributed by atoms with E-state index in [9.17, 15) is 0 Å². The average molecular weight is 307 g/mol. The third kappa shape index (κ3) is 3.67. The molecule has 0 saturated heterocycles. The van der Waals surface area contributed by atoms with Gasteiger partial charge in [-0.25, -0.2) is 0 Å². The highest BCUT2D eigenvalue weighted by Crippen LogP contribution is 2.22. The lowest BCUT2D eigenvalue weighted by Gasteiger charge is -2.10. The van der Waals surface area contributed by atoms with Crippen LogP contribution in [0.15, 0.2) is 53.0 Å². The molecule has 3 N–H and O–H groups in total. The SMILES string of the molecule is Nc1cc(Br)ccc1NCCOc1ccccc1. The molecular formula is C14H15BrN2O. The van der Waals surface area contributed by atoms with Gasteiger partial charge in [0.25, 0.3) is 0 Å². The Morgan fingerprint density at radius 2 is 1.89 bits per heavy atom. The highest BCUT2D eigenvalue weighted by atomic mass is 79.9. The van der Waals surface area contributed by atoms with Crippen molar-refractivity contribution in [1.82, 2.24) is 0 Å². The van der Waals surface area contributed by atoms with Crippen LogP contribution in [0.4, 0.5) is 11.4 Å². The Morgan fingerprint density at radius 3 is 2.61 bits per heavy atom. The van der Waals surface area contributed by atoms with E-state index in [0.717, 1.165) is 21.6 Å². The minimum absolute atomic E-state index is 0.597. The molecule has 94 valence electrons. The van der Waals surface area contributed by atoms with Crippen LogP contribution in [-0.2, 0) is 0 Å². The first-order chi connectivity index (χ1) is 8.75. The van der Waals surface area contributed by atoms with E-state index in [1.807, 2.05) is 48.5 Å². The Labute approximate surface area is 115 Å². The fraction of sp³-hybridized carbons (Fsp3) is 0.143. The van der Waals surface area contributed by atoms with E-state index in [1.165, 1.54) is 0 Å². The number of hydrogen-bond acceptors (Lipinski definition) is 3. The van der Waals surface area contributed by atoms with Gasteiger partial charge in [0.15, 0.2) is 0 Å². The van der Waals surface area contributed by atoms with E-state index in [-0.39, 0.29) is 0 Å². The zero-order chi connectivity index (χ0) is 12.8. The van der Waals surface area contributed by atoms with Gasteiger partial charge in [-0.1, -0.05) is 34.1 Å². The normalized spacial score (nSPS) is 10.1. The number of ether oxygens (including phenoxy) is 1. The molecule has 0 heterocycles. The van der Waals surface area contributed by atoms with Gasteiger partial charge >= 0.3 is 0 Å². The number of nitrogens with two attached hydrogens (primary N) is 1. The Bertz CT molecular complexity index is 502. The first-order valence-electron chi connectivity index (χ1n) is 5.72. The second kappa shape index (κ2) is 6.31. The predicted molar refractivity (Wildman–Crippen MR) is 79.0 cm³/mol. The van der Waals surface area contributed by atoms with Gasteiger partial charge in [0.1, 0.15) is 12.4 Å². The van der Waals surface area contributed by atoms with Crippen molar-refractivity contribution in [1.29, 1.82) is 0 Å². The maximum Gasteiger partial charge on any atom is 0.119 e. The van der Waals surface area contributed by atoms with Crippen LogP contribution in [0.1, 0.15) is 0 Å². The molecule has 2 aromatic carbocycles. The molecule has 2 aromatic rings. The van der Waals surface area contributed by atoms with E-state index < -0.39 is 0 Å². The first-order valence-corrected chi connectivity index (χ1v) is 6.52. The van der Waals surface area contributed by atoms with Crippen molar-refractivity contribution in [3.63, 3.8) is 0 Å². The van der Waals surface area contributed by atoms with E-state index in [0.29, 0.717) is 13.2 Å². The van der Waals surface area contributed by atoms with Crippen LogP contribution >= 0.6 is 15.9 Å². The summed E-state index contributed by atoms with van der Waals surface area (Å²) in [6.07, 6.45) is 0. The van der Waals surface area contributed by atoms with Crippen LogP contribution in [0, 0.1) is 0 Å². The first kappa shape index (κ1) is 12.8. The van der Waals surface area contributed by atoms with Crippen molar-refractivity contribution in [2.45, 2.75) is 0 Å². The molecule has 0 saturated carbocycles. The molecule has 0 aromatic heterocycles. The lowest BCUT2D eigenvalue weighted by Crippen LogP contribution is -2.12. The lowest BCUT2D eigenvalue weighted by atomic mass is 10.3. The van der Waals surface area contributed by atoms with Crippen LogP contribution in [0.5, 0.6) is 5.75 Å². The second-order valence-corrected chi connectivity index (χ2v) is 4.74. The number of halogens is 1. The Morgan fingerprint density at radius 1 is 1.11 bits per heavy atom. The van der Waals surface area contributed by atoms with E-state index >= 15 is 0 Å². The number of nitrogen functional groups attached to an aromatic ring is 1. The van der Waals surface area contributed by atoms with E-state index in [4.69, 9.17) is 10.5 Å². The minimum atomic E-state index is 0.597. The molecule has 2 rings (SSSR count). The number of para-hydroxylation sites is 1. The average Bonchev–Trinajstić information content (AvgIpc) is 2.38. The summed E-state index contributed by atoms with van der Waals surface area (Å²) in [5.74, 6) is 0.878. The van der Waals surface area contributed by atoms with Gasteiger partial charge in [-0.3, -0.25) is 0 Å². The van der Waals surface area contributed by atoms with Gasteiger partial charge in [0.05, 0.1) is 11.4 Å². The molecule has 0 aliphatic heterocycles. The minimum Gasteiger partial charge on any atom is -0.492 e. The fourth-order valence-electron chi connectivity index (χ4n) is 1.57. The smallest absolute Gasteiger partial charge is 0.119 e. The van der Waals surface area contributed by atoms with Crippen LogP contribution in [0.3, 0.4) is 0 Å². The molecule has 0 spiro atoms. The molecule has 0 amide bonds. The molecule has 0 radical (unpaired) electrons. The molecule has 0 aliphatic carbocycles. The van der Waals surface area contributed by atoms with Gasteiger partial charge in [-0.05, 0) is 30.3 Å². The standard InChI is InChI=1S/C14H15BrN2O/c15-11-6-7-14(13(16)10-11)17-8-9-18-12-4-2-1-3-5-12/h1-7,10,17H,8-9,16H2. The summed E-state index contributed by atoms with van der Waals surface area (Å²) in [7, 11) is 0. The number of rotatable bonds is 5. The Hall–Kier alpha value is -1.68. The molecule has 4 heteroatoms. The van der Waals surface area contributed by atoms with Crippen molar-refractivity contribution in [2.75, 3.05) is 24.2 Å². The summed E-state index contributed by atoms with van der Waals surface area (Å²) < 4.78 is 6.56. The molecule has 3 nitrogen and oxygen atoms in total. The third-order valence-corrected chi connectivity index (χ3v) is 2.94. The maximum atomic E-state index is 5.88. The third-order valence-electron chi connectivity index (χ3n) is 2.44. The van der Waals surface area contributed by atoms with E-state index in [2.05, 4.69) is 21.2 Å². The van der Waals surface area contributed by atoms with Crippen LogP contribution < -0.4 is 15.8 Å². The van der Waals surface area contributed by atoms with Gasteiger partial charge in [0, 0.05) is 11.0 Å². The summed E-state index contributed by atoms with van der Waals surface area (Å²) in [5.41, 5.74) is 7.53. The largest absolute Gasteiger partial charge is 0.492 e. The topological polar surface area (TPSA) is 47.3 Å². The van der Waals surface area contributed by atoms with Crippen LogP contribution in [0.2, 0.25) is 0 Å². The van der Waals surface area contributed by atoms with Crippen molar-refractivity contribution in [2.24, 2.45) is 0 Å². The van der Waals surface area contributed by atoms with Gasteiger partial charge < -0.3 is 15.8 Å². The summed E-state index contributed by atoms with van der Waals surface area (Å²) in [4.78, 5) is 0. The molecule has 0 fully saturated rings. The van der Waals surface area contributed by atoms with Crippen LogP contribution in [-0.4, -0.2) is 13.2 Å². The van der Waals surface area contributed by atoms with Crippen molar-refractivity contribution in [3.05, 3.63) is 53.0 Å². The molecule has 0 unspecified atom stereocenters. The quantitative estimate of drug-likeness (QED) is 0.656. The summed E-state index contributed by atoms with van der Waals surface area (Å²) in [6, 6.07) is 15.5. The molecule has 0 aliphatic rings. The second-order valence-electron chi connectivity index (χ2n) is 3.82. The zero-order valence-electron chi connectivity index (χ0n) is 9.90. The van der Waals surface area contributed by atoms with Crippen molar-refractivity contribution in [3.8, 4) is 5.75 Å². The molecule has 18 heavy (non-hydrogen) atoms. The summed E-state index contributed by atoms with van der Waals surface area (Å²) in [5, 5.41) is 3.24. The van der Waals surface area contributed by atoms with Crippen molar-refractivity contribution >= 4 is 27.3 Å². The van der Waals surface area contributed by atoms with Gasteiger partial charge in [-0.2, -0.15) is 0 Å². The zero-order valence-corrected chi connectivity index (χ0v) is 11.5. The number of nitrogens with one attached hydrogen (secondary N) is 1. The van der Waals surface area contributed by atoms with Gasteiger partial charge in [0.2, 0.25) is 0 Å². The monoisotopic (exact) mass is 306 g/mol. The maximum absolute atomic E-state index is 5.88. The number of benzene rings is 2. The summed E-state index contributed by atoms with van der Waals surface area (Å²) >= 11 is 3.38. The number of hydrogen-bond donors (Lipinski definition) is 2. The van der Waals surface area contributed by atoms with Gasteiger partial charge in [-0.15, -0.1) is 0 Å².